The zero-order chi connectivity index (χ0) is 20.6. The highest BCUT2D eigenvalue weighted by Gasteiger charge is 2.10. The van der Waals surface area contributed by atoms with Gasteiger partial charge in [-0.1, -0.05) is 31.1 Å². The first-order chi connectivity index (χ1) is 14.0. The minimum atomic E-state index is -0.365. The number of hydrogen-bond acceptors (Lipinski definition) is 5. The molecule has 2 heterocycles. The van der Waals surface area contributed by atoms with E-state index in [1.165, 1.54) is 12.1 Å². The van der Waals surface area contributed by atoms with Crippen molar-refractivity contribution in [1.29, 1.82) is 0 Å². The van der Waals surface area contributed by atoms with Gasteiger partial charge in [-0.05, 0) is 24.1 Å². The van der Waals surface area contributed by atoms with Crippen molar-refractivity contribution in [2.24, 2.45) is 4.99 Å². The number of pyridine rings is 1. The molecule has 0 spiro atoms. The lowest BCUT2D eigenvalue weighted by atomic mass is 10.1. The first-order valence-electron chi connectivity index (χ1n) is 9.32. The molecular weight excluding hydrogens is 500 g/mol. The standard InChI is InChI=1S/C21H24FN5O2.HI/c1-14(2)19-11-18(29-27-19)13-26-21(23-3)25-12-15-6-5-9-24-20(15)28-17-8-4-7-16(22)10-17;/h4-11,14H,12-13H2,1-3H3,(H2,23,25,26);1H. The van der Waals surface area contributed by atoms with E-state index in [1.807, 2.05) is 18.2 Å². The van der Waals surface area contributed by atoms with Crippen LogP contribution in [-0.2, 0) is 13.1 Å². The Bertz CT molecular complexity index is 977. The molecule has 2 aromatic heterocycles. The van der Waals surface area contributed by atoms with E-state index < -0.39 is 0 Å². The van der Waals surface area contributed by atoms with Gasteiger partial charge in [-0.25, -0.2) is 9.37 Å². The topological polar surface area (TPSA) is 84.6 Å². The number of benzene rings is 1. The second-order valence-corrected chi connectivity index (χ2v) is 6.68. The highest BCUT2D eigenvalue weighted by atomic mass is 127. The summed E-state index contributed by atoms with van der Waals surface area (Å²) in [5, 5.41) is 10.4. The van der Waals surface area contributed by atoms with Crippen molar-refractivity contribution in [3.8, 4) is 11.6 Å². The molecule has 3 aromatic rings. The molecule has 0 bridgehead atoms. The fraction of sp³-hybridized carbons (Fsp3) is 0.286. The molecule has 3 rings (SSSR count). The summed E-state index contributed by atoms with van der Waals surface area (Å²) in [4.78, 5) is 8.46. The largest absolute Gasteiger partial charge is 0.439 e. The third kappa shape index (κ3) is 6.68. The first kappa shape index (κ1) is 23.6. The maximum absolute atomic E-state index is 13.4. The number of aromatic nitrogens is 2. The van der Waals surface area contributed by atoms with Crippen LogP contribution in [0.4, 0.5) is 4.39 Å². The quantitative estimate of drug-likeness (QED) is 0.267. The number of nitrogens with one attached hydrogen (secondary N) is 2. The minimum Gasteiger partial charge on any atom is -0.439 e. The number of ether oxygens (including phenoxy) is 1. The van der Waals surface area contributed by atoms with Gasteiger partial charge in [0.2, 0.25) is 5.88 Å². The lowest BCUT2D eigenvalue weighted by molar-refractivity contribution is 0.372. The van der Waals surface area contributed by atoms with Crippen molar-refractivity contribution < 1.29 is 13.7 Å². The number of guanidine groups is 1. The summed E-state index contributed by atoms with van der Waals surface area (Å²) in [6.45, 7) is 5.00. The molecule has 0 unspecified atom stereocenters. The van der Waals surface area contributed by atoms with Gasteiger partial charge in [0.25, 0.3) is 0 Å². The van der Waals surface area contributed by atoms with Crippen LogP contribution in [0.3, 0.4) is 0 Å². The minimum absolute atomic E-state index is 0. The van der Waals surface area contributed by atoms with Crippen molar-refractivity contribution in [3.63, 3.8) is 0 Å². The third-order valence-electron chi connectivity index (χ3n) is 4.13. The van der Waals surface area contributed by atoms with E-state index in [4.69, 9.17) is 9.26 Å². The van der Waals surface area contributed by atoms with Crippen LogP contribution in [-0.4, -0.2) is 23.1 Å². The summed E-state index contributed by atoms with van der Waals surface area (Å²) >= 11 is 0. The Labute approximate surface area is 192 Å². The van der Waals surface area contributed by atoms with Crippen LogP contribution >= 0.6 is 24.0 Å². The van der Waals surface area contributed by atoms with Gasteiger partial charge in [-0.15, -0.1) is 24.0 Å². The molecule has 0 saturated heterocycles. The Hall–Kier alpha value is -2.69. The zero-order valence-electron chi connectivity index (χ0n) is 17.1. The molecule has 7 nitrogen and oxygen atoms in total. The van der Waals surface area contributed by atoms with E-state index in [2.05, 4.69) is 39.6 Å². The van der Waals surface area contributed by atoms with Crippen LogP contribution in [0.25, 0.3) is 0 Å². The molecule has 0 radical (unpaired) electrons. The van der Waals surface area contributed by atoms with Crippen molar-refractivity contribution in [2.45, 2.75) is 32.9 Å². The second kappa shape index (κ2) is 11.5. The smallest absolute Gasteiger partial charge is 0.224 e. The van der Waals surface area contributed by atoms with Crippen molar-refractivity contribution in [3.05, 3.63) is 71.5 Å². The summed E-state index contributed by atoms with van der Waals surface area (Å²) in [6.07, 6.45) is 1.63. The predicted molar refractivity (Wildman–Crippen MR) is 124 cm³/mol. The molecule has 0 saturated carbocycles. The molecule has 0 fully saturated rings. The van der Waals surface area contributed by atoms with Gasteiger partial charge >= 0.3 is 0 Å². The van der Waals surface area contributed by atoms with Crippen LogP contribution in [0, 0.1) is 5.82 Å². The van der Waals surface area contributed by atoms with Gasteiger partial charge in [0.1, 0.15) is 11.6 Å². The average molecular weight is 525 g/mol. The van der Waals surface area contributed by atoms with Gasteiger partial charge in [0.05, 0.1) is 12.2 Å². The maximum Gasteiger partial charge on any atom is 0.224 e. The summed E-state index contributed by atoms with van der Waals surface area (Å²) in [5.41, 5.74) is 1.72. The molecule has 0 atom stereocenters. The summed E-state index contributed by atoms with van der Waals surface area (Å²) in [5.74, 6) is 2.06. The highest BCUT2D eigenvalue weighted by molar-refractivity contribution is 14.0. The van der Waals surface area contributed by atoms with Crippen LogP contribution in [0.1, 0.15) is 36.8 Å². The summed E-state index contributed by atoms with van der Waals surface area (Å²) < 4.78 is 24.5. The van der Waals surface area contributed by atoms with Crippen molar-refractivity contribution in [2.75, 3.05) is 7.05 Å². The average Bonchev–Trinajstić information content (AvgIpc) is 3.19. The van der Waals surface area contributed by atoms with Crippen LogP contribution < -0.4 is 15.4 Å². The Morgan fingerprint density at radius 3 is 2.67 bits per heavy atom. The number of aliphatic imine (C=N–C) groups is 1. The zero-order valence-corrected chi connectivity index (χ0v) is 19.4. The second-order valence-electron chi connectivity index (χ2n) is 6.68. The fourth-order valence-electron chi connectivity index (χ4n) is 2.55. The van der Waals surface area contributed by atoms with E-state index >= 15 is 0 Å². The Morgan fingerprint density at radius 1 is 1.17 bits per heavy atom. The van der Waals surface area contributed by atoms with Crippen LogP contribution in [0.15, 0.2) is 58.2 Å². The van der Waals surface area contributed by atoms with Crippen molar-refractivity contribution in [1.82, 2.24) is 20.8 Å². The lowest BCUT2D eigenvalue weighted by Gasteiger charge is -2.13. The molecule has 2 N–H and O–H groups in total. The molecule has 1 aromatic carbocycles. The Morgan fingerprint density at radius 2 is 1.97 bits per heavy atom. The Balaban J connectivity index is 0.00000320. The normalized spacial score (nSPS) is 11.2. The van der Waals surface area contributed by atoms with E-state index in [0.29, 0.717) is 36.6 Å². The van der Waals surface area contributed by atoms with Crippen LogP contribution in [0.2, 0.25) is 0 Å². The van der Waals surface area contributed by atoms with Crippen molar-refractivity contribution >= 4 is 29.9 Å². The first-order valence-corrected chi connectivity index (χ1v) is 9.32. The van der Waals surface area contributed by atoms with Gasteiger partial charge in [0, 0.05) is 37.5 Å². The molecule has 0 aliphatic rings. The lowest BCUT2D eigenvalue weighted by Crippen LogP contribution is -2.36. The van der Waals surface area contributed by atoms with E-state index in [1.54, 1.807) is 25.4 Å². The molecule has 0 aliphatic carbocycles. The third-order valence-corrected chi connectivity index (χ3v) is 4.13. The van der Waals surface area contributed by atoms with Gasteiger partial charge < -0.3 is 19.9 Å². The van der Waals surface area contributed by atoms with Crippen LogP contribution in [0.5, 0.6) is 11.6 Å². The molecule has 30 heavy (non-hydrogen) atoms. The van der Waals surface area contributed by atoms with E-state index in [9.17, 15) is 4.39 Å². The number of rotatable bonds is 7. The number of halogens is 2. The summed E-state index contributed by atoms with van der Waals surface area (Å²) in [6, 6.07) is 11.6. The van der Waals surface area contributed by atoms with E-state index in [0.717, 1.165) is 17.0 Å². The molecule has 0 amide bonds. The monoisotopic (exact) mass is 525 g/mol. The fourth-order valence-corrected chi connectivity index (χ4v) is 2.55. The highest BCUT2D eigenvalue weighted by Crippen LogP contribution is 2.23. The molecule has 0 aliphatic heterocycles. The molecule has 9 heteroatoms. The molecular formula is C21H25FIN5O2. The predicted octanol–water partition coefficient (Wildman–Crippen LogP) is 4.61. The number of nitrogens with zero attached hydrogens (tertiary/aromatic N) is 3. The van der Waals surface area contributed by atoms with Gasteiger partial charge in [-0.2, -0.15) is 0 Å². The van der Waals surface area contributed by atoms with Gasteiger partial charge in [0.15, 0.2) is 11.7 Å². The summed E-state index contributed by atoms with van der Waals surface area (Å²) in [7, 11) is 1.68. The SMILES string of the molecule is CN=C(NCc1cc(C(C)C)no1)NCc1cccnc1Oc1cccc(F)c1.I. The number of hydrogen-bond donors (Lipinski definition) is 2. The maximum atomic E-state index is 13.4. The Kier molecular flexibility index (Phi) is 9.03. The van der Waals surface area contributed by atoms with E-state index in [-0.39, 0.29) is 29.8 Å². The van der Waals surface area contributed by atoms with Gasteiger partial charge in [-0.3, -0.25) is 4.99 Å². The molecule has 160 valence electrons.